The molecule has 1 saturated heterocycles. The van der Waals surface area contributed by atoms with Crippen LogP contribution in [0.25, 0.3) is 10.9 Å². The third-order valence-electron chi connectivity index (χ3n) is 4.92. The number of hydrogen-bond donors (Lipinski definition) is 1. The molecule has 0 radical (unpaired) electrons. The highest BCUT2D eigenvalue weighted by molar-refractivity contribution is 5.76. The number of aromatic amines is 1. The lowest BCUT2D eigenvalue weighted by molar-refractivity contribution is 0.0119. The summed E-state index contributed by atoms with van der Waals surface area (Å²) in [7, 11) is 0. The summed E-state index contributed by atoms with van der Waals surface area (Å²) in [5.41, 5.74) is 1.04. The highest BCUT2D eigenvalue weighted by atomic mass is 16.5. The van der Waals surface area contributed by atoms with Crippen molar-refractivity contribution in [2.75, 3.05) is 26.3 Å². The van der Waals surface area contributed by atoms with Crippen LogP contribution in [0.4, 0.5) is 0 Å². The molecule has 0 aliphatic carbocycles. The Morgan fingerprint density at radius 2 is 1.65 bits per heavy atom. The molecule has 26 heavy (non-hydrogen) atoms. The maximum absolute atomic E-state index is 12.9. The Labute approximate surface area is 150 Å². The largest absolute Gasteiger partial charge is 0.379 e. The van der Waals surface area contributed by atoms with Gasteiger partial charge in [0.25, 0.3) is 5.56 Å². The van der Waals surface area contributed by atoms with Crippen LogP contribution in [0, 0.1) is 0 Å². The average Bonchev–Trinajstić information content (AvgIpc) is 2.69. The van der Waals surface area contributed by atoms with Crippen molar-refractivity contribution >= 4 is 10.9 Å². The Balaban J connectivity index is 1.77. The van der Waals surface area contributed by atoms with Crippen molar-refractivity contribution in [1.82, 2.24) is 14.5 Å². The molecule has 1 fully saturated rings. The molecule has 1 atom stereocenters. The van der Waals surface area contributed by atoms with Crippen LogP contribution in [0.2, 0.25) is 0 Å². The van der Waals surface area contributed by atoms with Gasteiger partial charge in [0.15, 0.2) is 0 Å². The molecule has 4 rings (SSSR count). The van der Waals surface area contributed by atoms with E-state index in [0.717, 1.165) is 18.7 Å². The van der Waals surface area contributed by atoms with Crippen molar-refractivity contribution in [2.45, 2.75) is 12.6 Å². The Morgan fingerprint density at radius 1 is 0.962 bits per heavy atom. The normalized spacial score (nSPS) is 16.6. The Kier molecular flexibility index (Phi) is 4.69. The van der Waals surface area contributed by atoms with Gasteiger partial charge in [-0.3, -0.25) is 14.3 Å². The van der Waals surface area contributed by atoms with Crippen LogP contribution in [0.5, 0.6) is 0 Å². The second-order valence-corrected chi connectivity index (χ2v) is 6.47. The molecule has 0 saturated carbocycles. The molecule has 6 nitrogen and oxygen atoms in total. The molecule has 0 bridgehead atoms. The highest BCUT2D eigenvalue weighted by Crippen LogP contribution is 2.23. The number of H-pyrrole nitrogens is 1. The van der Waals surface area contributed by atoms with Crippen LogP contribution in [0.1, 0.15) is 11.6 Å². The molecule has 1 aliphatic heterocycles. The molecule has 1 aliphatic rings. The Bertz CT molecular complexity index is 1000. The summed E-state index contributed by atoms with van der Waals surface area (Å²) in [5.74, 6) is 0. The second kappa shape index (κ2) is 7.27. The predicted molar refractivity (Wildman–Crippen MR) is 100 cm³/mol. The molecule has 6 heteroatoms. The SMILES string of the molecule is O=c1[nH]c2ccccc2c(=O)n1C[C@H](c1ccccc1)N1CCOCC1. The highest BCUT2D eigenvalue weighted by Gasteiger charge is 2.24. The fraction of sp³-hybridized carbons (Fsp3) is 0.300. The number of rotatable bonds is 4. The quantitative estimate of drug-likeness (QED) is 0.778. The van der Waals surface area contributed by atoms with E-state index >= 15 is 0 Å². The summed E-state index contributed by atoms with van der Waals surface area (Å²) < 4.78 is 6.78. The number of nitrogens with zero attached hydrogens (tertiary/aromatic N) is 2. The topological polar surface area (TPSA) is 67.3 Å². The molecule has 3 aromatic rings. The molecule has 1 aromatic heterocycles. The molecule has 0 amide bonds. The number of ether oxygens (including phenoxy) is 1. The van der Waals surface area contributed by atoms with E-state index < -0.39 is 0 Å². The number of benzene rings is 2. The number of para-hydroxylation sites is 1. The molecule has 134 valence electrons. The van der Waals surface area contributed by atoms with Gasteiger partial charge in [0.1, 0.15) is 0 Å². The number of nitrogens with one attached hydrogen (secondary N) is 1. The van der Waals surface area contributed by atoms with Gasteiger partial charge in [-0.1, -0.05) is 42.5 Å². The first-order chi connectivity index (χ1) is 12.7. The number of hydrogen-bond acceptors (Lipinski definition) is 4. The van der Waals surface area contributed by atoms with Gasteiger partial charge in [-0.15, -0.1) is 0 Å². The summed E-state index contributed by atoms with van der Waals surface area (Å²) in [5, 5.41) is 0.529. The minimum absolute atomic E-state index is 0.0555. The minimum Gasteiger partial charge on any atom is -0.379 e. The lowest BCUT2D eigenvalue weighted by Crippen LogP contribution is -2.44. The lowest BCUT2D eigenvalue weighted by Gasteiger charge is -2.35. The minimum atomic E-state index is -0.372. The van der Waals surface area contributed by atoms with Crippen LogP contribution >= 0.6 is 0 Å². The van der Waals surface area contributed by atoms with Crippen LogP contribution in [0.15, 0.2) is 64.2 Å². The van der Waals surface area contributed by atoms with Gasteiger partial charge in [0.2, 0.25) is 0 Å². The predicted octanol–water partition coefficient (Wildman–Crippen LogP) is 1.76. The van der Waals surface area contributed by atoms with E-state index in [1.54, 1.807) is 12.1 Å². The molecule has 0 spiro atoms. The average molecular weight is 351 g/mol. The fourth-order valence-electron chi connectivity index (χ4n) is 3.53. The van der Waals surface area contributed by atoms with Crippen molar-refractivity contribution in [2.24, 2.45) is 0 Å². The van der Waals surface area contributed by atoms with Crippen molar-refractivity contribution in [1.29, 1.82) is 0 Å². The van der Waals surface area contributed by atoms with E-state index in [4.69, 9.17) is 4.74 Å². The van der Waals surface area contributed by atoms with Gasteiger partial charge < -0.3 is 9.72 Å². The molecule has 0 unspecified atom stereocenters. The van der Waals surface area contributed by atoms with Gasteiger partial charge in [-0.2, -0.15) is 0 Å². The van der Waals surface area contributed by atoms with E-state index in [9.17, 15) is 9.59 Å². The molecule has 2 aromatic carbocycles. The number of aromatic nitrogens is 2. The van der Waals surface area contributed by atoms with Gasteiger partial charge in [0.05, 0.1) is 36.7 Å². The molecular formula is C20H21N3O3. The first kappa shape index (κ1) is 16.8. The van der Waals surface area contributed by atoms with Crippen LogP contribution in [0.3, 0.4) is 0 Å². The lowest BCUT2D eigenvalue weighted by atomic mass is 10.0. The first-order valence-corrected chi connectivity index (χ1v) is 8.82. The monoisotopic (exact) mass is 351 g/mol. The fourth-order valence-corrected chi connectivity index (χ4v) is 3.53. The third-order valence-corrected chi connectivity index (χ3v) is 4.92. The van der Waals surface area contributed by atoms with Crippen molar-refractivity contribution in [3.05, 3.63) is 81.0 Å². The third kappa shape index (κ3) is 3.21. The van der Waals surface area contributed by atoms with E-state index in [-0.39, 0.29) is 17.3 Å². The van der Waals surface area contributed by atoms with Crippen molar-refractivity contribution in [3.63, 3.8) is 0 Å². The standard InChI is InChI=1S/C20H21N3O3/c24-19-16-8-4-5-9-17(16)21-20(25)23(19)14-18(15-6-2-1-3-7-15)22-10-12-26-13-11-22/h1-9,18H,10-14H2,(H,21,25)/t18-/m1/s1. The summed E-state index contributed by atoms with van der Waals surface area (Å²) in [6.45, 7) is 3.18. The maximum atomic E-state index is 12.9. The Hall–Kier alpha value is -2.70. The summed E-state index contributed by atoms with van der Waals surface area (Å²) in [6, 6.07) is 17.1. The Morgan fingerprint density at radius 3 is 2.42 bits per heavy atom. The van der Waals surface area contributed by atoms with Gasteiger partial charge in [-0.05, 0) is 17.7 Å². The van der Waals surface area contributed by atoms with Gasteiger partial charge >= 0.3 is 5.69 Å². The molecule has 2 heterocycles. The van der Waals surface area contributed by atoms with Crippen LogP contribution in [-0.4, -0.2) is 40.8 Å². The van der Waals surface area contributed by atoms with E-state index in [2.05, 4.69) is 9.88 Å². The molecule has 1 N–H and O–H groups in total. The van der Waals surface area contributed by atoms with Gasteiger partial charge in [0, 0.05) is 13.1 Å². The first-order valence-electron chi connectivity index (χ1n) is 8.82. The van der Waals surface area contributed by atoms with Crippen molar-refractivity contribution < 1.29 is 4.74 Å². The van der Waals surface area contributed by atoms with E-state index in [0.29, 0.717) is 30.7 Å². The number of fused-ring (bicyclic) bond motifs is 1. The second-order valence-electron chi connectivity index (χ2n) is 6.47. The van der Waals surface area contributed by atoms with Gasteiger partial charge in [-0.25, -0.2) is 4.79 Å². The van der Waals surface area contributed by atoms with E-state index in [1.165, 1.54) is 4.57 Å². The van der Waals surface area contributed by atoms with Crippen LogP contribution < -0.4 is 11.2 Å². The number of morpholine rings is 1. The van der Waals surface area contributed by atoms with Crippen LogP contribution in [-0.2, 0) is 11.3 Å². The van der Waals surface area contributed by atoms with Crippen molar-refractivity contribution in [3.8, 4) is 0 Å². The zero-order valence-corrected chi connectivity index (χ0v) is 14.4. The summed E-state index contributed by atoms with van der Waals surface area (Å²) in [4.78, 5) is 30.6. The maximum Gasteiger partial charge on any atom is 0.328 e. The smallest absolute Gasteiger partial charge is 0.328 e. The summed E-state index contributed by atoms with van der Waals surface area (Å²) in [6.07, 6.45) is 0. The van der Waals surface area contributed by atoms with E-state index in [1.807, 2.05) is 42.5 Å². The molecular weight excluding hydrogens is 330 g/mol. The zero-order valence-electron chi connectivity index (χ0n) is 14.4. The zero-order chi connectivity index (χ0) is 17.9. The summed E-state index contributed by atoms with van der Waals surface area (Å²) >= 11 is 0.